The molecule has 1 aromatic rings. The van der Waals surface area contributed by atoms with Crippen molar-refractivity contribution in [1.82, 2.24) is 20.9 Å². The number of benzene rings is 1. The molecule has 1 amide bonds. The van der Waals surface area contributed by atoms with Gasteiger partial charge < -0.3 is 20.9 Å². The van der Waals surface area contributed by atoms with E-state index in [0.29, 0.717) is 18.7 Å². The Bertz CT molecular complexity index is 505. The lowest BCUT2D eigenvalue weighted by molar-refractivity contribution is 0.0951. The smallest absolute Gasteiger partial charge is 0.251 e. The highest BCUT2D eigenvalue weighted by molar-refractivity contribution is 5.94. The second kappa shape index (κ2) is 10.6. The van der Waals surface area contributed by atoms with Crippen LogP contribution in [-0.4, -0.2) is 57.0 Å². The Morgan fingerprint density at radius 1 is 1.13 bits per heavy atom. The van der Waals surface area contributed by atoms with Crippen LogP contribution in [0.15, 0.2) is 29.3 Å². The number of hydrogen-bond acceptors (Lipinski definition) is 3. The van der Waals surface area contributed by atoms with Gasteiger partial charge >= 0.3 is 0 Å². The van der Waals surface area contributed by atoms with E-state index in [1.807, 2.05) is 57.1 Å². The Hall–Kier alpha value is -2.08. The van der Waals surface area contributed by atoms with E-state index in [-0.39, 0.29) is 5.91 Å². The summed E-state index contributed by atoms with van der Waals surface area (Å²) in [5, 5.41) is 9.29. The van der Waals surface area contributed by atoms with Crippen molar-refractivity contribution in [2.45, 2.75) is 20.4 Å². The molecule has 0 aliphatic heterocycles. The van der Waals surface area contributed by atoms with Gasteiger partial charge in [0, 0.05) is 31.7 Å². The van der Waals surface area contributed by atoms with Gasteiger partial charge in [-0.25, -0.2) is 4.99 Å². The summed E-state index contributed by atoms with van der Waals surface area (Å²) in [7, 11) is 3.97. The van der Waals surface area contributed by atoms with Crippen molar-refractivity contribution in [2.75, 3.05) is 40.3 Å². The van der Waals surface area contributed by atoms with Crippen molar-refractivity contribution in [3.05, 3.63) is 35.4 Å². The second-order valence-corrected chi connectivity index (χ2v) is 5.49. The van der Waals surface area contributed by atoms with Crippen molar-refractivity contribution in [1.29, 1.82) is 0 Å². The molecule has 0 aromatic heterocycles. The summed E-state index contributed by atoms with van der Waals surface area (Å²) in [5.41, 5.74) is 1.68. The SMILES string of the molecule is CCNC(=NCc1cccc(C(=O)NCCN(C)C)c1)NCC. The van der Waals surface area contributed by atoms with E-state index in [1.165, 1.54) is 0 Å². The first-order chi connectivity index (χ1) is 11.1. The number of rotatable bonds is 8. The molecule has 6 heteroatoms. The van der Waals surface area contributed by atoms with Gasteiger partial charge in [0.25, 0.3) is 5.91 Å². The number of guanidine groups is 1. The van der Waals surface area contributed by atoms with Crippen molar-refractivity contribution >= 4 is 11.9 Å². The maximum atomic E-state index is 12.1. The number of nitrogens with zero attached hydrogens (tertiary/aromatic N) is 2. The summed E-state index contributed by atoms with van der Waals surface area (Å²) in [6.07, 6.45) is 0. The van der Waals surface area contributed by atoms with Gasteiger partial charge in [0.1, 0.15) is 0 Å². The minimum atomic E-state index is -0.0451. The molecule has 23 heavy (non-hydrogen) atoms. The standard InChI is InChI=1S/C17H29N5O/c1-5-18-17(19-6-2)21-13-14-8-7-9-15(12-14)16(23)20-10-11-22(3)4/h7-9,12H,5-6,10-11,13H2,1-4H3,(H,20,23)(H2,18,19,21). The highest BCUT2D eigenvalue weighted by atomic mass is 16.1. The molecule has 0 heterocycles. The van der Waals surface area contributed by atoms with Crippen LogP contribution in [0.2, 0.25) is 0 Å². The number of aliphatic imine (C=N–C) groups is 1. The van der Waals surface area contributed by atoms with E-state index in [2.05, 4.69) is 20.9 Å². The number of carbonyl (C=O) groups excluding carboxylic acids is 1. The average Bonchev–Trinajstić information content (AvgIpc) is 2.53. The maximum absolute atomic E-state index is 12.1. The van der Waals surface area contributed by atoms with Gasteiger partial charge in [-0.15, -0.1) is 0 Å². The Morgan fingerprint density at radius 3 is 2.43 bits per heavy atom. The third-order valence-corrected chi connectivity index (χ3v) is 3.14. The number of nitrogens with one attached hydrogen (secondary N) is 3. The fourth-order valence-corrected chi connectivity index (χ4v) is 1.99. The molecule has 0 saturated carbocycles. The van der Waals surface area contributed by atoms with Gasteiger partial charge in [0.15, 0.2) is 5.96 Å². The summed E-state index contributed by atoms with van der Waals surface area (Å²) in [4.78, 5) is 18.7. The first-order valence-electron chi connectivity index (χ1n) is 8.10. The number of likely N-dealkylation sites (N-methyl/N-ethyl adjacent to an activating group) is 1. The lowest BCUT2D eigenvalue weighted by Gasteiger charge is -2.11. The molecule has 1 aromatic carbocycles. The Kier molecular flexibility index (Phi) is 8.75. The predicted octanol–water partition coefficient (Wildman–Crippen LogP) is 1.05. The van der Waals surface area contributed by atoms with E-state index in [0.717, 1.165) is 31.2 Å². The molecule has 0 saturated heterocycles. The summed E-state index contributed by atoms with van der Waals surface area (Å²) in [6.45, 7) is 7.70. The number of hydrogen-bond donors (Lipinski definition) is 3. The largest absolute Gasteiger partial charge is 0.357 e. The molecule has 0 spiro atoms. The van der Waals surface area contributed by atoms with Crippen molar-refractivity contribution in [2.24, 2.45) is 4.99 Å². The van der Waals surface area contributed by atoms with E-state index < -0.39 is 0 Å². The van der Waals surface area contributed by atoms with Gasteiger partial charge in [0.05, 0.1) is 6.54 Å². The van der Waals surface area contributed by atoms with Crippen LogP contribution in [0.1, 0.15) is 29.8 Å². The molecule has 0 aliphatic carbocycles. The third kappa shape index (κ3) is 7.65. The molecule has 0 radical (unpaired) electrons. The number of amides is 1. The Labute approximate surface area is 139 Å². The van der Waals surface area contributed by atoms with Crippen molar-refractivity contribution in [3.8, 4) is 0 Å². The fraction of sp³-hybridized carbons (Fsp3) is 0.529. The molecular formula is C17H29N5O. The first kappa shape index (κ1) is 19.0. The Balaban J connectivity index is 2.65. The van der Waals surface area contributed by atoms with E-state index in [9.17, 15) is 4.79 Å². The minimum Gasteiger partial charge on any atom is -0.357 e. The third-order valence-electron chi connectivity index (χ3n) is 3.14. The van der Waals surface area contributed by atoms with Gasteiger partial charge in [0.2, 0.25) is 0 Å². The molecule has 0 fully saturated rings. The van der Waals surface area contributed by atoms with Gasteiger partial charge in [-0.1, -0.05) is 12.1 Å². The second-order valence-electron chi connectivity index (χ2n) is 5.49. The van der Waals surface area contributed by atoms with E-state index in [4.69, 9.17) is 0 Å². The van der Waals surface area contributed by atoms with Crippen LogP contribution in [0.4, 0.5) is 0 Å². The molecule has 1 rings (SSSR count). The summed E-state index contributed by atoms with van der Waals surface area (Å²) in [6, 6.07) is 7.60. The molecule has 0 unspecified atom stereocenters. The molecule has 0 atom stereocenters. The van der Waals surface area contributed by atoms with Crippen molar-refractivity contribution < 1.29 is 4.79 Å². The molecule has 0 bridgehead atoms. The van der Waals surface area contributed by atoms with Crippen LogP contribution in [0.5, 0.6) is 0 Å². The summed E-state index contributed by atoms with van der Waals surface area (Å²) < 4.78 is 0. The topological polar surface area (TPSA) is 68.8 Å². The molecule has 0 aliphatic rings. The zero-order valence-corrected chi connectivity index (χ0v) is 14.6. The van der Waals surface area contributed by atoms with E-state index in [1.54, 1.807) is 0 Å². The summed E-state index contributed by atoms with van der Waals surface area (Å²) in [5.74, 6) is 0.743. The maximum Gasteiger partial charge on any atom is 0.251 e. The fourth-order valence-electron chi connectivity index (χ4n) is 1.99. The normalized spacial score (nSPS) is 10.3. The number of carbonyl (C=O) groups is 1. The first-order valence-corrected chi connectivity index (χ1v) is 8.10. The summed E-state index contributed by atoms with van der Waals surface area (Å²) >= 11 is 0. The molecular weight excluding hydrogens is 290 g/mol. The Morgan fingerprint density at radius 2 is 1.83 bits per heavy atom. The van der Waals surface area contributed by atoms with Gasteiger partial charge in [-0.3, -0.25) is 4.79 Å². The molecule has 128 valence electrons. The molecule has 3 N–H and O–H groups in total. The van der Waals surface area contributed by atoms with Crippen molar-refractivity contribution in [3.63, 3.8) is 0 Å². The van der Waals surface area contributed by atoms with Crippen LogP contribution < -0.4 is 16.0 Å². The van der Waals surface area contributed by atoms with Gasteiger partial charge in [-0.05, 0) is 45.6 Å². The monoisotopic (exact) mass is 319 g/mol. The highest BCUT2D eigenvalue weighted by Gasteiger charge is 2.06. The lowest BCUT2D eigenvalue weighted by Crippen LogP contribution is -2.37. The minimum absolute atomic E-state index is 0.0451. The van der Waals surface area contributed by atoms with Crippen LogP contribution in [0.3, 0.4) is 0 Å². The highest BCUT2D eigenvalue weighted by Crippen LogP contribution is 2.06. The molecule has 6 nitrogen and oxygen atoms in total. The van der Waals surface area contributed by atoms with Crippen LogP contribution in [-0.2, 0) is 6.54 Å². The van der Waals surface area contributed by atoms with Crippen LogP contribution in [0.25, 0.3) is 0 Å². The zero-order valence-electron chi connectivity index (χ0n) is 14.6. The zero-order chi connectivity index (χ0) is 17.1. The van der Waals surface area contributed by atoms with Gasteiger partial charge in [-0.2, -0.15) is 0 Å². The predicted molar refractivity (Wildman–Crippen MR) is 95.8 cm³/mol. The quantitative estimate of drug-likeness (QED) is 0.495. The average molecular weight is 319 g/mol. The van der Waals surface area contributed by atoms with E-state index >= 15 is 0 Å². The van der Waals surface area contributed by atoms with Crippen LogP contribution in [0, 0.1) is 0 Å². The lowest BCUT2D eigenvalue weighted by atomic mass is 10.1. The van der Waals surface area contributed by atoms with Crippen LogP contribution >= 0.6 is 0 Å².